The van der Waals surface area contributed by atoms with E-state index in [1.165, 1.54) is 0 Å². The first-order chi connectivity index (χ1) is 14.2. The number of ether oxygens (including phenoxy) is 1. The fourth-order valence-electron chi connectivity index (χ4n) is 4.11. The number of alkyl halides is 3. The zero-order chi connectivity index (χ0) is 21.5. The highest BCUT2D eigenvalue weighted by Gasteiger charge is 2.41. The number of benzene rings is 2. The van der Waals surface area contributed by atoms with Crippen molar-refractivity contribution in [2.45, 2.75) is 25.9 Å². The topological polar surface area (TPSA) is 44.8 Å². The van der Waals surface area contributed by atoms with Crippen molar-refractivity contribution in [2.24, 2.45) is 5.92 Å². The molecule has 0 aromatic heterocycles. The van der Waals surface area contributed by atoms with Crippen LogP contribution in [-0.2, 0) is 4.79 Å². The van der Waals surface area contributed by atoms with Gasteiger partial charge in [0.05, 0.1) is 11.6 Å². The molecule has 0 aliphatic carbocycles. The molecule has 160 valence electrons. The summed E-state index contributed by atoms with van der Waals surface area (Å²) in [4.78, 5) is 15.4. The van der Waals surface area contributed by atoms with Crippen LogP contribution in [0.4, 0.5) is 35.9 Å². The molecule has 0 saturated carbocycles. The number of rotatable bonds is 3. The second-order valence-corrected chi connectivity index (χ2v) is 7.86. The molecule has 1 N–H and O–H groups in total. The van der Waals surface area contributed by atoms with Gasteiger partial charge in [-0.2, -0.15) is 13.2 Å². The van der Waals surface area contributed by atoms with Crippen LogP contribution < -0.4 is 19.9 Å². The number of anilines is 4. The molecule has 1 saturated heterocycles. The number of carbonyl (C=O) groups excluding carboxylic acids is 1. The van der Waals surface area contributed by atoms with Crippen molar-refractivity contribution in [2.75, 3.05) is 41.9 Å². The second-order valence-electron chi connectivity index (χ2n) is 7.86. The minimum Gasteiger partial charge on any atom is -0.481 e. The molecule has 4 rings (SSSR count). The third-order valence-corrected chi connectivity index (χ3v) is 5.81. The molecule has 2 heterocycles. The van der Waals surface area contributed by atoms with Gasteiger partial charge in [-0.3, -0.25) is 4.79 Å². The van der Waals surface area contributed by atoms with E-state index in [-0.39, 0.29) is 25.4 Å². The second kappa shape index (κ2) is 7.74. The number of likely N-dealkylation sites (N-methyl/N-ethyl adjacent to an activating group) is 1. The Morgan fingerprint density at radius 3 is 2.37 bits per heavy atom. The van der Waals surface area contributed by atoms with Gasteiger partial charge in [0, 0.05) is 43.3 Å². The van der Waals surface area contributed by atoms with E-state index in [0.717, 1.165) is 28.3 Å². The number of fused-ring (bicyclic) bond motifs is 1. The van der Waals surface area contributed by atoms with Crippen molar-refractivity contribution in [3.05, 3.63) is 42.0 Å². The number of nitrogens with zero attached hydrogens (tertiary/aromatic N) is 2. The summed E-state index contributed by atoms with van der Waals surface area (Å²) in [6.45, 7) is 2.76. The Morgan fingerprint density at radius 2 is 1.73 bits per heavy atom. The summed E-state index contributed by atoms with van der Waals surface area (Å²) in [6, 6.07) is 11.5. The van der Waals surface area contributed by atoms with E-state index in [0.29, 0.717) is 18.8 Å². The van der Waals surface area contributed by atoms with E-state index >= 15 is 0 Å². The summed E-state index contributed by atoms with van der Waals surface area (Å²) >= 11 is 0. The molecule has 1 amide bonds. The van der Waals surface area contributed by atoms with Crippen LogP contribution >= 0.6 is 0 Å². The number of nitrogens with one attached hydrogen (secondary N) is 1. The fourth-order valence-corrected chi connectivity index (χ4v) is 4.11. The molecule has 0 spiro atoms. The standard InChI is InChI=1S/C22H24F3N3O2/c1-14-11-17(12-19-21(14)27(2)20(29)13-30-19)26-16-3-5-18(6-4-16)28-9-7-15(8-10-28)22(23,24)25/h3-6,11-12,15,26H,7-10,13H2,1-2H3. The highest BCUT2D eigenvalue weighted by molar-refractivity contribution is 5.98. The predicted octanol–water partition coefficient (Wildman–Crippen LogP) is 4.87. The van der Waals surface area contributed by atoms with Gasteiger partial charge in [-0.1, -0.05) is 0 Å². The van der Waals surface area contributed by atoms with Gasteiger partial charge in [-0.25, -0.2) is 0 Å². The summed E-state index contributed by atoms with van der Waals surface area (Å²) in [5, 5.41) is 3.33. The van der Waals surface area contributed by atoms with Gasteiger partial charge in [0.2, 0.25) is 0 Å². The van der Waals surface area contributed by atoms with Gasteiger partial charge < -0.3 is 19.9 Å². The molecule has 2 aliphatic heterocycles. The number of amides is 1. The normalized spacial score (nSPS) is 17.6. The van der Waals surface area contributed by atoms with E-state index < -0.39 is 12.1 Å². The van der Waals surface area contributed by atoms with Crippen LogP contribution in [0, 0.1) is 12.8 Å². The van der Waals surface area contributed by atoms with Crippen LogP contribution in [0.25, 0.3) is 0 Å². The summed E-state index contributed by atoms with van der Waals surface area (Å²) < 4.78 is 44.1. The Labute approximate surface area is 173 Å². The summed E-state index contributed by atoms with van der Waals surface area (Å²) in [6.07, 6.45) is -3.83. The molecule has 5 nitrogen and oxygen atoms in total. The van der Waals surface area contributed by atoms with E-state index in [4.69, 9.17) is 4.74 Å². The van der Waals surface area contributed by atoms with Gasteiger partial charge in [0.1, 0.15) is 5.75 Å². The van der Waals surface area contributed by atoms with Crippen LogP contribution in [0.3, 0.4) is 0 Å². The zero-order valence-corrected chi connectivity index (χ0v) is 16.9. The van der Waals surface area contributed by atoms with E-state index in [2.05, 4.69) is 5.32 Å². The van der Waals surface area contributed by atoms with Crippen LogP contribution in [0.5, 0.6) is 5.75 Å². The molecule has 2 aromatic rings. The molecule has 0 bridgehead atoms. The molecule has 2 aromatic carbocycles. The van der Waals surface area contributed by atoms with Crippen LogP contribution in [0.1, 0.15) is 18.4 Å². The molecule has 1 fully saturated rings. The summed E-state index contributed by atoms with van der Waals surface area (Å²) in [5.41, 5.74) is 4.33. The third kappa shape index (κ3) is 4.04. The van der Waals surface area contributed by atoms with Crippen molar-refractivity contribution < 1.29 is 22.7 Å². The van der Waals surface area contributed by atoms with Crippen LogP contribution in [0.2, 0.25) is 0 Å². The lowest BCUT2D eigenvalue weighted by atomic mass is 9.96. The zero-order valence-electron chi connectivity index (χ0n) is 16.9. The lowest BCUT2D eigenvalue weighted by Gasteiger charge is -2.34. The van der Waals surface area contributed by atoms with Crippen molar-refractivity contribution in [1.82, 2.24) is 0 Å². The lowest BCUT2D eigenvalue weighted by molar-refractivity contribution is -0.179. The maximum Gasteiger partial charge on any atom is 0.391 e. The van der Waals surface area contributed by atoms with E-state index in [1.807, 2.05) is 48.2 Å². The molecular weight excluding hydrogens is 395 g/mol. The first-order valence-electron chi connectivity index (χ1n) is 9.95. The van der Waals surface area contributed by atoms with Crippen LogP contribution in [0.15, 0.2) is 36.4 Å². The van der Waals surface area contributed by atoms with Gasteiger partial charge in [-0.05, 0) is 55.7 Å². The Morgan fingerprint density at radius 1 is 1.07 bits per heavy atom. The Bertz CT molecular complexity index is 936. The number of hydrogen-bond donors (Lipinski definition) is 1. The van der Waals surface area contributed by atoms with E-state index in [1.54, 1.807) is 11.9 Å². The summed E-state index contributed by atoms with van der Waals surface area (Å²) in [7, 11) is 1.74. The van der Waals surface area contributed by atoms with Gasteiger partial charge in [0.15, 0.2) is 6.61 Å². The molecule has 2 aliphatic rings. The van der Waals surface area contributed by atoms with Gasteiger partial charge in [0.25, 0.3) is 5.91 Å². The quantitative estimate of drug-likeness (QED) is 0.771. The first-order valence-corrected chi connectivity index (χ1v) is 9.95. The number of piperidine rings is 1. The average molecular weight is 419 g/mol. The smallest absolute Gasteiger partial charge is 0.391 e. The highest BCUT2D eigenvalue weighted by atomic mass is 19.4. The maximum atomic E-state index is 12.9. The molecule has 0 unspecified atom stereocenters. The van der Waals surface area contributed by atoms with E-state index in [9.17, 15) is 18.0 Å². The lowest BCUT2D eigenvalue weighted by Crippen LogP contribution is -2.38. The number of aryl methyl sites for hydroxylation is 1. The molecule has 30 heavy (non-hydrogen) atoms. The third-order valence-electron chi connectivity index (χ3n) is 5.81. The number of halogens is 3. The fraction of sp³-hybridized carbons (Fsp3) is 0.409. The SMILES string of the molecule is Cc1cc(Nc2ccc(N3CCC(C(F)(F)F)CC3)cc2)cc2c1N(C)C(=O)CO2. The molecule has 0 radical (unpaired) electrons. The monoisotopic (exact) mass is 419 g/mol. The first kappa shape index (κ1) is 20.4. The maximum absolute atomic E-state index is 12.9. The molecule has 8 heteroatoms. The number of carbonyl (C=O) groups is 1. The van der Waals surface area contributed by atoms with Crippen LogP contribution in [-0.4, -0.2) is 38.8 Å². The van der Waals surface area contributed by atoms with Gasteiger partial charge in [-0.15, -0.1) is 0 Å². The van der Waals surface area contributed by atoms with Crippen molar-refractivity contribution in [1.29, 1.82) is 0 Å². The average Bonchev–Trinajstić information content (AvgIpc) is 2.71. The minimum atomic E-state index is -4.10. The largest absolute Gasteiger partial charge is 0.481 e. The Hall–Kier alpha value is -2.90. The van der Waals surface area contributed by atoms with Gasteiger partial charge >= 0.3 is 6.18 Å². The van der Waals surface area contributed by atoms with Crippen molar-refractivity contribution in [3.63, 3.8) is 0 Å². The highest BCUT2D eigenvalue weighted by Crippen LogP contribution is 2.38. The van der Waals surface area contributed by atoms with Crippen molar-refractivity contribution >= 4 is 28.7 Å². The predicted molar refractivity (Wildman–Crippen MR) is 111 cm³/mol. The molecule has 0 atom stereocenters. The Balaban J connectivity index is 1.43. The molecular formula is C22H24F3N3O2. The minimum absolute atomic E-state index is 0.0200. The Kier molecular flexibility index (Phi) is 5.26. The number of hydrogen-bond acceptors (Lipinski definition) is 4. The summed E-state index contributed by atoms with van der Waals surface area (Å²) in [5.74, 6) is -0.622. The van der Waals surface area contributed by atoms with Crippen molar-refractivity contribution in [3.8, 4) is 5.75 Å².